The van der Waals surface area contributed by atoms with E-state index >= 15 is 0 Å². The fourth-order valence-electron chi connectivity index (χ4n) is 2.03. The molecule has 2 aromatic carbocycles. The third-order valence-corrected chi connectivity index (χ3v) is 3.02. The Balaban J connectivity index is 2.38. The van der Waals surface area contributed by atoms with Crippen molar-refractivity contribution in [1.82, 2.24) is 0 Å². The van der Waals surface area contributed by atoms with Gasteiger partial charge in [-0.2, -0.15) is 0 Å². The van der Waals surface area contributed by atoms with E-state index in [9.17, 15) is 18.3 Å². The smallest absolute Gasteiger partial charge is 0.164 e. The normalized spacial score (nSPS) is 14.2. The Kier molecular flexibility index (Phi) is 3.62. The summed E-state index contributed by atoms with van der Waals surface area (Å²) in [6.45, 7) is 1.33. The highest BCUT2D eigenvalue weighted by Crippen LogP contribution is 2.29. The van der Waals surface area contributed by atoms with Gasteiger partial charge in [-0.05, 0) is 24.6 Å². The van der Waals surface area contributed by atoms with Gasteiger partial charge < -0.3 is 5.11 Å². The van der Waals surface area contributed by atoms with E-state index in [4.69, 9.17) is 0 Å². The van der Waals surface area contributed by atoms with Gasteiger partial charge in [0.2, 0.25) is 0 Å². The van der Waals surface area contributed by atoms with Crippen molar-refractivity contribution in [2.75, 3.05) is 0 Å². The molecule has 100 valence electrons. The van der Waals surface area contributed by atoms with E-state index in [1.165, 1.54) is 37.3 Å². The summed E-state index contributed by atoms with van der Waals surface area (Å²) in [7, 11) is 0. The maximum Gasteiger partial charge on any atom is 0.164 e. The van der Waals surface area contributed by atoms with Gasteiger partial charge in [-0.1, -0.05) is 30.3 Å². The quantitative estimate of drug-likeness (QED) is 0.900. The zero-order chi connectivity index (χ0) is 14.0. The van der Waals surface area contributed by atoms with Crippen LogP contribution >= 0.6 is 0 Å². The summed E-state index contributed by atoms with van der Waals surface area (Å²) in [4.78, 5) is 0. The first-order valence-electron chi connectivity index (χ1n) is 5.82. The second kappa shape index (κ2) is 5.05. The van der Waals surface area contributed by atoms with Crippen LogP contribution in [0.4, 0.5) is 13.2 Å². The minimum atomic E-state index is -1.69. The first-order chi connectivity index (χ1) is 8.92. The molecular weight excluding hydrogens is 253 g/mol. The third kappa shape index (κ3) is 2.79. The van der Waals surface area contributed by atoms with Gasteiger partial charge in [-0.15, -0.1) is 0 Å². The average Bonchev–Trinajstić information content (AvgIpc) is 2.35. The summed E-state index contributed by atoms with van der Waals surface area (Å²) >= 11 is 0. The van der Waals surface area contributed by atoms with Crippen LogP contribution in [0.2, 0.25) is 0 Å². The molecule has 0 radical (unpaired) electrons. The molecule has 0 saturated carbocycles. The molecule has 19 heavy (non-hydrogen) atoms. The van der Waals surface area contributed by atoms with Crippen molar-refractivity contribution in [1.29, 1.82) is 0 Å². The fourth-order valence-corrected chi connectivity index (χ4v) is 2.03. The number of rotatable bonds is 3. The Morgan fingerprint density at radius 2 is 1.58 bits per heavy atom. The Labute approximate surface area is 109 Å². The van der Waals surface area contributed by atoms with Crippen LogP contribution in [0, 0.1) is 17.5 Å². The molecule has 0 aromatic heterocycles. The summed E-state index contributed by atoms with van der Waals surface area (Å²) in [5.74, 6) is -2.63. The Morgan fingerprint density at radius 1 is 0.947 bits per heavy atom. The van der Waals surface area contributed by atoms with Crippen LogP contribution < -0.4 is 0 Å². The van der Waals surface area contributed by atoms with Crippen LogP contribution in [0.15, 0.2) is 42.5 Å². The van der Waals surface area contributed by atoms with Crippen LogP contribution in [-0.4, -0.2) is 5.11 Å². The van der Waals surface area contributed by atoms with Gasteiger partial charge in [0, 0.05) is 12.0 Å². The highest BCUT2D eigenvalue weighted by molar-refractivity contribution is 5.28. The summed E-state index contributed by atoms with van der Waals surface area (Å²) < 4.78 is 40.4. The van der Waals surface area contributed by atoms with E-state index in [0.717, 1.165) is 6.07 Å². The van der Waals surface area contributed by atoms with Gasteiger partial charge >= 0.3 is 0 Å². The lowest BCUT2D eigenvalue weighted by atomic mass is 9.88. The van der Waals surface area contributed by atoms with Crippen molar-refractivity contribution in [3.63, 3.8) is 0 Å². The van der Waals surface area contributed by atoms with Crippen LogP contribution in [-0.2, 0) is 12.0 Å². The van der Waals surface area contributed by atoms with Gasteiger partial charge in [0.15, 0.2) is 11.6 Å². The van der Waals surface area contributed by atoms with E-state index in [1.54, 1.807) is 6.07 Å². The Morgan fingerprint density at radius 3 is 2.26 bits per heavy atom. The molecule has 0 aliphatic heterocycles. The van der Waals surface area contributed by atoms with Crippen molar-refractivity contribution in [2.45, 2.75) is 18.9 Å². The predicted molar refractivity (Wildman–Crippen MR) is 66.0 cm³/mol. The molecule has 0 spiro atoms. The maximum absolute atomic E-state index is 13.7. The largest absolute Gasteiger partial charge is 0.385 e. The Hall–Kier alpha value is -1.81. The van der Waals surface area contributed by atoms with Gasteiger partial charge in [0.05, 0.1) is 5.60 Å². The first-order valence-corrected chi connectivity index (χ1v) is 5.82. The Bertz CT molecular complexity index is 594. The lowest BCUT2D eigenvalue weighted by Gasteiger charge is -2.24. The minimum Gasteiger partial charge on any atom is -0.385 e. The number of aliphatic hydroxyl groups is 1. The second-order valence-electron chi connectivity index (χ2n) is 4.64. The number of hydrogen-bond acceptors (Lipinski definition) is 1. The summed E-state index contributed by atoms with van der Waals surface area (Å²) in [6.07, 6.45) is -0.139. The van der Waals surface area contributed by atoms with Gasteiger partial charge in [-0.3, -0.25) is 0 Å². The van der Waals surface area contributed by atoms with Crippen molar-refractivity contribution < 1.29 is 18.3 Å². The van der Waals surface area contributed by atoms with Crippen LogP contribution in [0.5, 0.6) is 0 Å². The zero-order valence-electron chi connectivity index (χ0n) is 10.3. The van der Waals surface area contributed by atoms with E-state index in [2.05, 4.69) is 0 Å². The maximum atomic E-state index is 13.7. The van der Waals surface area contributed by atoms with Gasteiger partial charge in [-0.25, -0.2) is 13.2 Å². The van der Waals surface area contributed by atoms with Crippen LogP contribution in [0.3, 0.4) is 0 Å². The number of hydrogen-bond donors (Lipinski definition) is 1. The summed E-state index contributed by atoms with van der Waals surface area (Å²) in [6, 6.07) is 9.47. The van der Waals surface area contributed by atoms with E-state index in [-0.39, 0.29) is 17.5 Å². The molecule has 0 amide bonds. The lowest BCUT2D eigenvalue weighted by molar-refractivity contribution is 0.0521. The standard InChI is InChI=1S/C15H13F3O/c1-15(19,9-10-5-2-3-7-12(10)16)11-6-4-8-13(17)14(11)18/h2-8,19H,9H2,1H3. The molecule has 0 aliphatic carbocycles. The van der Waals surface area contributed by atoms with Crippen molar-refractivity contribution >= 4 is 0 Å². The molecule has 0 aliphatic rings. The number of benzene rings is 2. The third-order valence-electron chi connectivity index (χ3n) is 3.02. The molecule has 2 aromatic rings. The molecular formula is C15H13F3O. The minimum absolute atomic E-state index is 0.139. The number of halogens is 3. The zero-order valence-corrected chi connectivity index (χ0v) is 10.3. The first kappa shape index (κ1) is 13.6. The van der Waals surface area contributed by atoms with Crippen molar-refractivity contribution in [2.24, 2.45) is 0 Å². The van der Waals surface area contributed by atoms with Crippen LogP contribution in [0.1, 0.15) is 18.1 Å². The van der Waals surface area contributed by atoms with Crippen LogP contribution in [0.25, 0.3) is 0 Å². The van der Waals surface area contributed by atoms with E-state index in [1.807, 2.05) is 0 Å². The SMILES string of the molecule is CC(O)(Cc1ccccc1F)c1cccc(F)c1F. The lowest BCUT2D eigenvalue weighted by Crippen LogP contribution is -2.26. The monoisotopic (exact) mass is 266 g/mol. The average molecular weight is 266 g/mol. The molecule has 0 fully saturated rings. The molecule has 1 N–H and O–H groups in total. The highest BCUT2D eigenvalue weighted by Gasteiger charge is 2.29. The topological polar surface area (TPSA) is 20.2 Å². The molecule has 0 bridgehead atoms. The van der Waals surface area contributed by atoms with Gasteiger partial charge in [0.25, 0.3) is 0 Å². The summed E-state index contributed by atoms with van der Waals surface area (Å²) in [5.41, 5.74) is -1.62. The summed E-state index contributed by atoms with van der Waals surface area (Å²) in [5, 5.41) is 10.3. The van der Waals surface area contributed by atoms with Crippen molar-refractivity contribution in [3.8, 4) is 0 Å². The predicted octanol–water partition coefficient (Wildman–Crippen LogP) is 3.55. The van der Waals surface area contributed by atoms with E-state index < -0.39 is 23.1 Å². The van der Waals surface area contributed by atoms with Gasteiger partial charge in [0.1, 0.15) is 5.82 Å². The molecule has 0 heterocycles. The molecule has 4 heteroatoms. The molecule has 0 saturated heterocycles. The van der Waals surface area contributed by atoms with E-state index in [0.29, 0.717) is 0 Å². The molecule has 2 rings (SSSR count). The van der Waals surface area contributed by atoms with Crippen molar-refractivity contribution in [3.05, 3.63) is 71.0 Å². The molecule has 1 atom stereocenters. The second-order valence-corrected chi connectivity index (χ2v) is 4.64. The molecule has 1 unspecified atom stereocenters. The molecule has 1 nitrogen and oxygen atoms in total. The fraction of sp³-hybridized carbons (Fsp3) is 0.200. The highest BCUT2D eigenvalue weighted by atomic mass is 19.2.